The average molecular weight is 253 g/mol. The van der Waals surface area contributed by atoms with Gasteiger partial charge in [-0.05, 0) is 19.5 Å². The summed E-state index contributed by atoms with van der Waals surface area (Å²) in [6, 6.07) is 3.14. The zero-order valence-corrected chi connectivity index (χ0v) is 11.3. The Balaban J connectivity index is 2.46. The van der Waals surface area contributed by atoms with Gasteiger partial charge in [-0.3, -0.25) is 9.69 Å². The molecule has 1 aromatic heterocycles. The Labute approximate surface area is 108 Å². The first-order valence-electron chi connectivity index (χ1n) is 6.43. The molecule has 0 atom stereocenters. The van der Waals surface area contributed by atoms with Crippen molar-refractivity contribution in [3.05, 3.63) is 28.7 Å². The molecular weight excluding hydrogens is 230 g/mol. The lowest BCUT2D eigenvalue weighted by Gasteiger charge is -2.20. The second-order valence-corrected chi connectivity index (χ2v) is 4.13. The van der Waals surface area contributed by atoms with Gasteiger partial charge in [0, 0.05) is 44.2 Å². The lowest BCUT2D eigenvalue weighted by molar-refractivity contribution is 0.114. The second kappa shape index (κ2) is 7.89. The van der Waals surface area contributed by atoms with Crippen LogP contribution >= 0.6 is 0 Å². The number of hydrogen-bond acceptors (Lipinski definition) is 4. The van der Waals surface area contributed by atoms with Crippen molar-refractivity contribution in [2.75, 3.05) is 38.6 Å². The van der Waals surface area contributed by atoms with Gasteiger partial charge in [0.25, 0.3) is 5.56 Å². The van der Waals surface area contributed by atoms with Gasteiger partial charge in [0.15, 0.2) is 0 Å². The van der Waals surface area contributed by atoms with Crippen molar-refractivity contribution in [3.63, 3.8) is 0 Å². The van der Waals surface area contributed by atoms with E-state index in [4.69, 9.17) is 10.5 Å². The third-order valence-corrected chi connectivity index (χ3v) is 2.87. The van der Waals surface area contributed by atoms with Crippen LogP contribution in [0.3, 0.4) is 0 Å². The van der Waals surface area contributed by atoms with Crippen LogP contribution in [-0.4, -0.2) is 42.3 Å². The number of hydrogen-bond donors (Lipinski definition) is 1. The van der Waals surface area contributed by atoms with Crippen LogP contribution in [0.1, 0.15) is 13.8 Å². The molecule has 1 heterocycles. The number of likely N-dealkylation sites (N-methyl/N-ethyl adjacent to an activating group) is 1. The maximum absolute atomic E-state index is 11.6. The van der Waals surface area contributed by atoms with Crippen molar-refractivity contribution in [1.82, 2.24) is 9.47 Å². The minimum atomic E-state index is -0.00920. The monoisotopic (exact) mass is 253 g/mol. The summed E-state index contributed by atoms with van der Waals surface area (Å²) in [7, 11) is 0. The van der Waals surface area contributed by atoms with Crippen LogP contribution in [0.4, 0.5) is 5.69 Å². The first-order valence-corrected chi connectivity index (χ1v) is 6.43. The molecule has 0 spiro atoms. The molecule has 2 N–H and O–H groups in total. The van der Waals surface area contributed by atoms with E-state index in [9.17, 15) is 4.79 Å². The summed E-state index contributed by atoms with van der Waals surface area (Å²) in [5, 5.41) is 0. The number of anilines is 1. The Morgan fingerprint density at radius 2 is 2.11 bits per heavy atom. The largest absolute Gasteiger partial charge is 0.398 e. The molecular formula is C13H23N3O2. The van der Waals surface area contributed by atoms with Crippen molar-refractivity contribution in [2.24, 2.45) is 0 Å². The fraction of sp³-hybridized carbons (Fsp3) is 0.615. The SMILES string of the molecule is CCOCCN(CC)CCn1cc(N)ccc1=O. The smallest absolute Gasteiger partial charge is 0.250 e. The molecule has 0 aliphatic rings. The van der Waals surface area contributed by atoms with Gasteiger partial charge >= 0.3 is 0 Å². The Bertz CT molecular complexity index is 403. The summed E-state index contributed by atoms with van der Waals surface area (Å²) >= 11 is 0. The zero-order valence-electron chi connectivity index (χ0n) is 11.3. The highest BCUT2D eigenvalue weighted by molar-refractivity contribution is 5.33. The Kier molecular flexibility index (Phi) is 6.46. The first-order chi connectivity index (χ1) is 8.67. The average Bonchev–Trinajstić information content (AvgIpc) is 2.37. The molecule has 5 nitrogen and oxygen atoms in total. The Morgan fingerprint density at radius 3 is 2.78 bits per heavy atom. The highest BCUT2D eigenvalue weighted by atomic mass is 16.5. The molecule has 0 saturated carbocycles. The number of nitrogens with two attached hydrogens (primary N) is 1. The van der Waals surface area contributed by atoms with E-state index in [2.05, 4.69) is 11.8 Å². The van der Waals surface area contributed by atoms with Gasteiger partial charge in [-0.2, -0.15) is 0 Å². The minimum absolute atomic E-state index is 0.00920. The molecule has 0 fully saturated rings. The van der Waals surface area contributed by atoms with Crippen molar-refractivity contribution in [2.45, 2.75) is 20.4 Å². The maximum atomic E-state index is 11.6. The van der Waals surface area contributed by atoms with E-state index in [1.807, 2.05) is 6.92 Å². The number of aromatic nitrogens is 1. The van der Waals surface area contributed by atoms with Gasteiger partial charge in [0.1, 0.15) is 0 Å². The van der Waals surface area contributed by atoms with Crippen LogP contribution in [0.5, 0.6) is 0 Å². The molecule has 0 unspecified atom stereocenters. The molecule has 0 aliphatic carbocycles. The molecule has 0 aromatic carbocycles. The van der Waals surface area contributed by atoms with Crippen LogP contribution in [0.2, 0.25) is 0 Å². The lowest BCUT2D eigenvalue weighted by atomic mass is 10.4. The minimum Gasteiger partial charge on any atom is -0.398 e. The zero-order chi connectivity index (χ0) is 13.4. The predicted octanol–water partition coefficient (Wildman–Crippen LogP) is 0.789. The lowest BCUT2D eigenvalue weighted by Crippen LogP contribution is -2.33. The molecule has 0 amide bonds. The summed E-state index contributed by atoms with van der Waals surface area (Å²) in [5.74, 6) is 0. The Hall–Kier alpha value is -1.33. The van der Waals surface area contributed by atoms with Gasteiger partial charge in [-0.1, -0.05) is 6.92 Å². The quantitative estimate of drug-likeness (QED) is 0.696. The fourth-order valence-corrected chi connectivity index (χ4v) is 1.74. The number of nitrogens with zero attached hydrogens (tertiary/aromatic N) is 2. The number of rotatable bonds is 8. The highest BCUT2D eigenvalue weighted by Gasteiger charge is 2.03. The summed E-state index contributed by atoms with van der Waals surface area (Å²) < 4.78 is 6.98. The standard InChI is InChI=1S/C13H23N3O2/c1-3-15(9-10-18-4-2)7-8-16-11-12(14)5-6-13(16)17/h5-6,11H,3-4,7-10,14H2,1-2H3. The third kappa shape index (κ3) is 4.89. The molecule has 1 rings (SSSR count). The van der Waals surface area contributed by atoms with E-state index < -0.39 is 0 Å². The molecule has 0 bridgehead atoms. The van der Waals surface area contributed by atoms with Crippen LogP contribution in [0.15, 0.2) is 23.1 Å². The first kappa shape index (κ1) is 14.7. The second-order valence-electron chi connectivity index (χ2n) is 4.13. The van der Waals surface area contributed by atoms with Crippen LogP contribution in [-0.2, 0) is 11.3 Å². The van der Waals surface area contributed by atoms with Gasteiger partial charge in [-0.15, -0.1) is 0 Å². The predicted molar refractivity (Wildman–Crippen MR) is 73.7 cm³/mol. The van der Waals surface area contributed by atoms with Crippen molar-refractivity contribution in [1.29, 1.82) is 0 Å². The van der Waals surface area contributed by atoms with Crippen molar-refractivity contribution < 1.29 is 4.74 Å². The molecule has 1 aromatic rings. The molecule has 102 valence electrons. The molecule has 0 aliphatic heterocycles. The third-order valence-electron chi connectivity index (χ3n) is 2.87. The topological polar surface area (TPSA) is 60.5 Å². The van der Waals surface area contributed by atoms with Crippen molar-refractivity contribution >= 4 is 5.69 Å². The Morgan fingerprint density at radius 1 is 1.33 bits per heavy atom. The van der Waals surface area contributed by atoms with Gasteiger partial charge in [0.2, 0.25) is 0 Å². The summed E-state index contributed by atoms with van der Waals surface area (Å²) in [5.41, 5.74) is 6.28. The van der Waals surface area contributed by atoms with E-state index in [0.717, 1.165) is 32.8 Å². The van der Waals surface area contributed by atoms with Gasteiger partial charge < -0.3 is 15.0 Å². The van der Waals surface area contributed by atoms with Crippen LogP contribution in [0, 0.1) is 0 Å². The molecule has 0 radical (unpaired) electrons. The van der Waals surface area contributed by atoms with Gasteiger partial charge in [-0.25, -0.2) is 0 Å². The van der Waals surface area contributed by atoms with Crippen molar-refractivity contribution in [3.8, 4) is 0 Å². The van der Waals surface area contributed by atoms with E-state index >= 15 is 0 Å². The molecule has 5 heteroatoms. The number of pyridine rings is 1. The summed E-state index contributed by atoms with van der Waals surface area (Å²) in [6.07, 6.45) is 1.69. The fourth-order valence-electron chi connectivity index (χ4n) is 1.74. The number of nitrogen functional groups attached to an aromatic ring is 1. The van der Waals surface area contributed by atoms with E-state index in [1.165, 1.54) is 6.07 Å². The highest BCUT2D eigenvalue weighted by Crippen LogP contribution is 1.97. The normalized spacial score (nSPS) is 11.1. The van der Waals surface area contributed by atoms with Crippen LogP contribution in [0.25, 0.3) is 0 Å². The van der Waals surface area contributed by atoms with E-state index in [1.54, 1.807) is 16.8 Å². The molecule has 0 saturated heterocycles. The molecule has 18 heavy (non-hydrogen) atoms. The van der Waals surface area contributed by atoms with Gasteiger partial charge in [0.05, 0.1) is 6.61 Å². The van der Waals surface area contributed by atoms with E-state index in [0.29, 0.717) is 12.2 Å². The van der Waals surface area contributed by atoms with Crippen LogP contribution < -0.4 is 11.3 Å². The summed E-state index contributed by atoms with van der Waals surface area (Å²) in [4.78, 5) is 13.9. The summed E-state index contributed by atoms with van der Waals surface area (Å²) in [6.45, 7) is 8.89. The van der Waals surface area contributed by atoms with E-state index in [-0.39, 0.29) is 5.56 Å². The maximum Gasteiger partial charge on any atom is 0.250 e. The number of ether oxygens (including phenoxy) is 1.